The van der Waals surface area contributed by atoms with E-state index in [-0.39, 0.29) is 5.82 Å². The van der Waals surface area contributed by atoms with Crippen molar-refractivity contribution in [2.75, 3.05) is 18.5 Å². The standard InChI is InChI=1S/C16H27FN2/c1-6-18-11-14-8-7-9-15(17)16(14)19(5)13(4)10-12(2)3/h7-9,12-13,18H,6,10-11H2,1-5H3. The first-order valence-electron chi connectivity index (χ1n) is 7.18. The highest BCUT2D eigenvalue weighted by atomic mass is 19.1. The van der Waals surface area contributed by atoms with Gasteiger partial charge in [-0.05, 0) is 37.4 Å². The van der Waals surface area contributed by atoms with E-state index in [0.29, 0.717) is 18.5 Å². The Labute approximate surface area is 117 Å². The molecule has 3 heteroatoms. The van der Waals surface area contributed by atoms with E-state index in [2.05, 4.69) is 37.9 Å². The van der Waals surface area contributed by atoms with Crippen molar-refractivity contribution >= 4 is 5.69 Å². The molecule has 0 bridgehead atoms. The molecule has 0 aromatic heterocycles. The summed E-state index contributed by atoms with van der Waals surface area (Å²) in [5.74, 6) is 0.481. The lowest BCUT2D eigenvalue weighted by Crippen LogP contribution is -2.32. The third-order valence-electron chi connectivity index (χ3n) is 3.46. The molecule has 0 radical (unpaired) electrons. The summed E-state index contributed by atoms with van der Waals surface area (Å²) in [4.78, 5) is 2.07. The van der Waals surface area contributed by atoms with Gasteiger partial charge in [0.1, 0.15) is 5.82 Å². The van der Waals surface area contributed by atoms with Gasteiger partial charge in [-0.3, -0.25) is 0 Å². The van der Waals surface area contributed by atoms with Crippen LogP contribution < -0.4 is 10.2 Å². The Balaban J connectivity index is 2.96. The molecular formula is C16H27FN2. The molecule has 0 saturated heterocycles. The summed E-state index contributed by atoms with van der Waals surface area (Å²) in [7, 11) is 1.99. The molecule has 1 N–H and O–H groups in total. The zero-order valence-corrected chi connectivity index (χ0v) is 12.8. The van der Waals surface area contributed by atoms with E-state index in [9.17, 15) is 4.39 Å². The van der Waals surface area contributed by atoms with Crippen molar-refractivity contribution in [3.8, 4) is 0 Å². The Morgan fingerprint density at radius 2 is 1.95 bits per heavy atom. The quantitative estimate of drug-likeness (QED) is 0.807. The largest absolute Gasteiger partial charge is 0.369 e. The summed E-state index contributed by atoms with van der Waals surface area (Å²) >= 11 is 0. The first-order chi connectivity index (χ1) is 8.97. The molecular weight excluding hydrogens is 239 g/mol. The lowest BCUT2D eigenvalue weighted by Gasteiger charge is -2.30. The molecule has 0 aliphatic heterocycles. The lowest BCUT2D eigenvalue weighted by atomic mass is 10.0. The first-order valence-corrected chi connectivity index (χ1v) is 7.18. The lowest BCUT2D eigenvalue weighted by molar-refractivity contribution is 0.496. The van der Waals surface area contributed by atoms with E-state index in [1.807, 2.05) is 13.1 Å². The van der Waals surface area contributed by atoms with Crippen molar-refractivity contribution in [1.29, 1.82) is 0 Å². The first kappa shape index (κ1) is 16.0. The summed E-state index contributed by atoms with van der Waals surface area (Å²) in [6.45, 7) is 10.2. The average molecular weight is 266 g/mol. The van der Waals surface area contributed by atoms with Crippen LogP contribution in [0.25, 0.3) is 0 Å². The highest BCUT2D eigenvalue weighted by Gasteiger charge is 2.18. The van der Waals surface area contributed by atoms with Gasteiger partial charge in [0.25, 0.3) is 0 Å². The van der Waals surface area contributed by atoms with Crippen molar-refractivity contribution < 1.29 is 4.39 Å². The van der Waals surface area contributed by atoms with E-state index in [1.165, 1.54) is 0 Å². The van der Waals surface area contributed by atoms with Crippen LogP contribution in [0.1, 0.15) is 39.7 Å². The number of nitrogens with zero attached hydrogens (tertiary/aromatic N) is 1. The molecule has 2 nitrogen and oxygen atoms in total. The topological polar surface area (TPSA) is 15.3 Å². The Kier molecular flexibility index (Phi) is 6.29. The van der Waals surface area contributed by atoms with E-state index in [0.717, 1.165) is 24.2 Å². The molecule has 0 amide bonds. The minimum atomic E-state index is -0.131. The molecule has 0 heterocycles. The van der Waals surface area contributed by atoms with Crippen molar-refractivity contribution in [3.63, 3.8) is 0 Å². The Morgan fingerprint density at radius 3 is 2.53 bits per heavy atom. The molecule has 0 fully saturated rings. The summed E-state index contributed by atoms with van der Waals surface area (Å²) in [6.07, 6.45) is 1.06. The number of para-hydroxylation sites is 1. The second-order valence-electron chi connectivity index (χ2n) is 5.62. The minimum Gasteiger partial charge on any atom is -0.369 e. The number of halogens is 1. The van der Waals surface area contributed by atoms with Crippen LogP contribution in [0, 0.1) is 11.7 Å². The Bertz CT molecular complexity index is 390. The van der Waals surface area contributed by atoms with Gasteiger partial charge in [-0.25, -0.2) is 4.39 Å². The highest BCUT2D eigenvalue weighted by molar-refractivity contribution is 5.55. The van der Waals surface area contributed by atoms with Crippen molar-refractivity contribution in [3.05, 3.63) is 29.6 Å². The number of nitrogens with one attached hydrogen (secondary N) is 1. The fraction of sp³-hybridized carbons (Fsp3) is 0.625. The second kappa shape index (κ2) is 7.49. The minimum absolute atomic E-state index is 0.131. The van der Waals surface area contributed by atoms with Crippen LogP contribution in [0.2, 0.25) is 0 Å². The zero-order chi connectivity index (χ0) is 14.4. The molecule has 1 rings (SSSR count). The van der Waals surface area contributed by atoms with Gasteiger partial charge in [0.05, 0.1) is 5.69 Å². The highest BCUT2D eigenvalue weighted by Crippen LogP contribution is 2.26. The summed E-state index contributed by atoms with van der Waals surface area (Å²) < 4.78 is 14.2. The molecule has 1 aromatic rings. The van der Waals surface area contributed by atoms with E-state index in [1.54, 1.807) is 12.1 Å². The van der Waals surface area contributed by atoms with Gasteiger partial charge in [-0.15, -0.1) is 0 Å². The van der Waals surface area contributed by atoms with Gasteiger partial charge >= 0.3 is 0 Å². The molecule has 1 atom stereocenters. The monoisotopic (exact) mass is 266 g/mol. The van der Waals surface area contributed by atoms with Crippen LogP contribution in [-0.4, -0.2) is 19.6 Å². The van der Waals surface area contributed by atoms with Crippen LogP contribution in [0.15, 0.2) is 18.2 Å². The molecule has 0 aliphatic carbocycles. The van der Waals surface area contributed by atoms with E-state index in [4.69, 9.17) is 0 Å². The number of anilines is 1. The number of hydrogen-bond acceptors (Lipinski definition) is 2. The van der Waals surface area contributed by atoms with Crippen LogP contribution in [0.5, 0.6) is 0 Å². The molecule has 0 saturated carbocycles. The summed E-state index contributed by atoms with van der Waals surface area (Å²) in [6, 6.07) is 5.66. The fourth-order valence-electron chi connectivity index (χ4n) is 2.42. The number of benzene rings is 1. The fourth-order valence-corrected chi connectivity index (χ4v) is 2.42. The molecule has 1 unspecified atom stereocenters. The van der Waals surface area contributed by atoms with Crippen LogP contribution >= 0.6 is 0 Å². The van der Waals surface area contributed by atoms with Crippen molar-refractivity contribution in [2.45, 2.75) is 46.7 Å². The third kappa shape index (κ3) is 4.50. The van der Waals surface area contributed by atoms with Gasteiger partial charge < -0.3 is 10.2 Å². The molecule has 108 valence electrons. The second-order valence-corrected chi connectivity index (χ2v) is 5.62. The van der Waals surface area contributed by atoms with Gasteiger partial charge in [-0.2, -0.15) is 0 Å². The SMILES string of the molecule is CCNCc1cccc(F)c1N(C)C(C)CC(C)C. The predicted octanol–water partition coefficient (Wildman–Crippen LogP) is 3.81. The van der Waals surface area contributed by atoms with Gasteiger partial charge in [0, 0.05) is 19.6 Å². The average Bonchev–Trinajstić information content (AvgIpc) is 2.34. The maximum absolute atomic E-state index is 14.2. The van der Waals surface area contributed by atoms with E-state index < -0.39 is 0 Å². The molecule has 0 aliphatic rings. The van der Waals surface area contributed by atoms with Crippen LogP contribution in [0.4, 0.5) is 10.1 Å². The zero-order valence-electron chi connectivity index (χ0n) is 12.8. The van der Waals surface area contributed by atoms with Crippen molar-refractivity contribution in [1.82, 2.24) is 5.32 Å². The predicted molar refractivity (Wildman–Crippen MR) is 81.1 cm³/mol. The summed E-state index contributed by atoms with van der Waals surface area (Å²) in [5.41, 5.74) is 1.76. The summed E-state index contributed by atoms with van der Waals surface area (Å²) in [5, 5.41) is 3.27. The van der Waals surface area contributed by atoms with Crippen LogP contribution in [0.3, 0.4) is 0 Å². The van der Waals surface area contributed by atoms with Gasteiger partial charge in [0.2, 0.25) is 0 Å². The van der Waals surface area contributed by atoms with Crippen LogP contribution in [-0.2, 0) is 6.54 Å². The maximum atomic E-state index is 14.2. The van der Waals surface area contributed by atoms with Gasteiger partial charge in [0.15, 0.2) is 0 Å². The third-order valence-corrected chi connectivity index (χ3v) is 3.46. The Morgan fingerprint density at radius 1 is 1.26 bits per heavy atom. The van der Waals surface area contributed by atoms with Gasteiger partial charge in [-0.1, -0.05) is 32.9 Å². The molecule has 0 spiro atoms. The smallest absolute Gasteiger partial charge is 0.146 e. The molecule has 1 aromatic carbocycles. The number of hydrogen-bond donors (Lipinski definition) is 1. The van der Waals surface area contributed by atoms with Crippen molar-refractivity contribution in [2.24, 2.45) is 5.92 Å². The molecule has 19 heavy (non-hydrogen) atoms. The number of rotatable bonds is 7. The Hall–Kier alpha value is -1.09. The normalized spacial score (nSPS) is 12.8. The maximum Gasteiger partial charge on any atom is 0.146 e. The van der Waals surface area contributed by atoms with E-state index >= 15 is 0 Å².